The molecule has 0 radical (unpaired) electrons. The lowest BCUT2D eigenvalue weighted by molar-refractivity contribution is -0.138. The van der Waals surface area contributed by atoms with Crippen LogP contribution in [0, 0.1) is 0 Å². The van der Waals surface area contributed by atoms with Crippen molar-refractivity contribution in [3.8, 4) is 34.5 Å². The Kier molecular flexibility index (Phi) is 23.9. The van der Waals surface area contributed by atoms with Crippen molar-refractivity contribution in [2.45, 2.75) is 57.4 Å². The summed E-state index contributed by atoms with van der Waals surface area (Å²) in [5, 5.41) is 13.1. The van der Waals surface area contributed by atoms with Crippen molar-refractivity contribution in [2.24, 2.45) is 0 Å². The van der Waals surface area contributed by atoms with Gasteiger partial charge in [0.05, 0.1) is 51.9 Å². The molecule has 3 atom stereocenters. The molecule has 15 nitrogen and oxygen atoms in total. The fourth-order valence-electron chi connectivity index (χ4n) is 10.2. The summed E-state index contributed by atoms with van der Waals surface area (Å²) in [6.45, 7) is 5.45. The van der Waals surface area contributed by atoms with Gasteiger partial charge in [0.15, 0.2) is 0 Å². The maximum atomic E-state index is 12.8. The van der Waals surface area contributed by atoms with E-state index in [1.54, 1.807) is 146 Å². The monoisotopic (exact) mass is 1420 g/mol. The largest absolute Gasteiger partial charge is 0.457 e. The van der Waals surface area contributed by atoms with Crippen LogP contribution in [0.2, 0.25) is 0 Å². The van der Waals surface area contributed by atoms with Gasteiger partial charge in [-0.2, -0.15) is 43.4 Å². The zero-order valence-electron chi connectivity index (χ0n) is 54.5. The zero-order chi connectivity index (χ0) is 73.5. The van der Waals surface area contributed by atoms with Crippen LogP contribution in [0.3, 0.4) is 0 Å². The van der Waals surface area contributed by atoms with Crippen LogP contribution >= 0.6 is 12.1 Å². The van der Waals surface area contributed by atoms with Crippen molar-refractivity contribution in [3.63, 3.8) is 0 Å². The lowest BCUT2D eigenvalue weighted by Crippen LogP contribution is -2.27. The summed E-state index contributed by atoms with van der Waals surface area (Å²) in [7, 11) is 0. The quantitative estimate of drug-likeness (QED) is 0.0525. The number of fused-ring (bicyclic) bond motifs is 3. The fraction of sp³-hybridized carbons (Fsp3) is 0.132. The third kappa shape index (κ3) is 19.9. The van der Waals surface area contributed by atoms with Gasteiger partial charge in [0, 0.05) is 51.3 Å². The Balaban J connectivity index is 0.000000174. The molecule has 102 heavy (non-hydrogen) atoms. The summed E-state index contributed by atoms with van der Waals surface area (Å²) in [6, 6.07) is 59.4. The molecule has 26 heteroatoms. The molecule has 0 aliphatic carbocycles. The molecule has 9 aromatic carbocycles. The second kappa shape index (κ2) is 32.8. The average molecular weight is 1420 g/mol. The summed E-state index contributed by atoms with van der Waals surface area (Å²) in [5.41, 5.74) is 18.2. The summed E-state index contributed by atoms with van der Waals surface area (Å²) in [5.74, 6) is 2.54. The number of nitrogens with one attached hydrogen (secondary N) is 3. The smallest absolute Gasteiger partial charge is 0.416 e. The number of hydrogen-bond acceptors (Lipinski definition) is 13. The van der Waals surface area contributed by atoms with E-state index in [0.717, 1.165) is 68.7 Å². The second-order valence-electron chi connectivity index (χ2n) is 22.7. The first-order chi connectivity index (χ1) is 48.5. The van der Waals surface area contributed by atoms with Crippen molar-refractivity contribution >= 4 is 79.6 Å². The summed E-state index contributed by atoms with van der Waals surface area (Å²) < 4.78 is 143. The van der Waals surface area contributed by atoms with Crippen LogP contribution in [0.4, 0.5) is 60.9 Å². The highest BCUT2D eigenvalue weighted by Gasteiger charge is 2.32. The maximum absolute atomic E-state index is 12.8. The molecule has 0 spiro atoms. The first-order valence-electron chi connectivity index (χ1n) is 30.9. The van der Waals surface area contributed by atoms with E-state index < -0.39 is 35.2 Å². The lowest BCUT2D eigenvalue weighted by atomic mass is 10.1. The van der Waals surface area contributed by atoms with Crippen LogP contribution in [0.15, 0.2) is 237 Å². The number of aromatic nitrogens is 3. The minimum absolute atomic E-state index is 0.250. The molecule has 12 rings (SSSR count). The van der Waals surface area contributed by atoms with Gasteiger partial charge in [-0.15, -0.1) is 0 Å². The predicted octanol–water partition coefficient (Wildman–Crippen LogP) is 19.6. The Labute approximate surface area is 582 Å². The number of benzene rings is 9. The van der Waals surface area contributed by atoms with Crippen LogP contribution in [0.25, 0.3) is 32.3 Å². The molecule has 12 aromatic rings. The Morgan fingerprint density at radius 3 is 0.824 bits per heavy atom. The van der Waals surface area contributed by atoms with Gasteiger partial charge >= 0.3 is 18.5 Å². The number of anilines is 3. The van der Waals surface area contributed by atoms with E-state index in [0.29, 0.717) is 68.5 Å². The van der Waals surface area contributed by atoms with Gasteiger partial charge in [0.2, 0.25) is 0 Å². The average Bonchev–Trinajstić information content (AvgIpc) is 0.811. The number of ether oxygens (including phenoxy) is 3. The molecule has 0 saturated heterocycles. The van der Waals surface area contributed by atoms with Gasteiger partial charge in [-0.05, 0) is 219 Å². The van der Waals surface area contributed by atoms with Crippen LogP contribution in [0.1, 0.15) is 104 Å². The number of carbonyl (C=O) groups is 3. The highest BCUT2D eigenvalue weighted by Crippen LogP contribution is 2.38. The van der Waals surface area contributed by atoms with Crippen LogP contribution in [0.5, 0.6) is 34.5 Å². The molecule has 9 N–H and O–H groups in total. The molecule has 0 fully saturated rings. The molecule has 0 saturated carbocycles. The number of halogens is 10. The molecule has 3 amide bonds. The number of nitrogen functional groups attached to an aromatic ring is 3. The number of nitrogens with two attached hydrogens (primary N) is 3. The molecule has 0 aliphatic heterocycles. The van der Waals surface area contributed by atoms with Crippen molar-refractivity contribution in [2.75, 3.05) is 23.5 Å². The molecule has 1 unspecified atom stereocenters. The Morgan fingerprint density at radius 1 is 0.363 bits per heavy atom. The van der Waals surface area contributed by atoms with Crippen molar-refractivity contribution in [1.29, 1.82) is 0 Å². The van der Waals surface area contributed by atoms with E-state index >= 15 is 0 Å². The van der Waals surface area contributed by atoms with E-state index in [2.05, 4.69) is 30.9 Å². The van der Waals surface area contributed by atoms with Gasteiger partial charge < -0.3 is 47.4 Å². The molecule has 3 aromatic heterocycles. The first-order valence-corrected chi connectivity index (χ1v) is 32.0. The minimum atomic E-state index is -4.41. The number of rotatable bonds is 15. The standard InChI is InChI=1S/3C25H20F3N3O2.CH3FS/c3*1-15(21-5-3-7-23(29)31-21)30-24(32)17-8-13-20-16(14-17)4-2-6-22(20)33-19-11-9-18(10-12-19)25(26,27)28;1-3-2/h3*2-15H,1H3,(H2,29,31)(H,30,32);1H3/t2*15-;;/m10../s1. The number of amides is 3. The molecule has 0 bridgehead atoms. The summed E-state index contributed by atoms with van der Waals surface area (Å²) in [6.07, 6.45) is -11.8. The highest BCUT2D eigenvalue weighted by molar-refractivity contribution is 7.93. The van der Waals surface area contributed by atoms with E-state index in [9.17, 15) is 57.8 Å². The van der Waals surface area contributed by atoms with Gasteiger partial charge in [-0.25, -0.2) is 15.0 Å². The Morgan fingerprint density at radius 2 is 0.598 bits per heavy atom. The minimum Gasteiger partial charge on any atom is -0.457 e. The van der Waals surface area contributed by atoms with Crippen molar-refractivity contribution < 1.29 is 72.0 Å². The SMILES string of the molecule is CC(NC(=O)c1ccc2c(Oc3ccc(C(F)(F)F)cc3)cccc2c1)c1cccc(N)n1.CSF.C[C@@H](NC(=O)c1ccc2c(Oc3ccc(C(F)(F)F)cc3)cccc2c1)c1cccc(N)n1.C[C@H](NC(=O)c1ccc2c(Oc3ccc(C(F)(F)F)cc3)cccc2c1)c1cccc(N)n1. The maximum Gasteiger partial charge on any atom is 0.416 e. The third-order valence-corrected chi connectivity index (χ3v) is 15.3. The van der Waals surface area contributed by atoms with E-state index in [4.69, 9.17) is 31.4 Å². The molecule has 0 aliphatic rings. The van der Waals surface area contributed by atoms with Gasteiger partial charge in [-0.1, -0.05) is 54.6 Å². The first kappa shape index (κ1) is 74.3. The van der Waals surface area contributed by atoms with Gasteiger partial charge in [0.1, 0.15) is 52.0 Å². The normalized spacial score (nSPS) is 12.2. The van der Waals surface area contributed by atoms with Gasteiger partial charge in [-0.3, -0.25) is 14.4 Å². The third-order valence-electron chi connectivity index (χ3n) is 15.3. The molecule has 524 valence electrons. The molecular formula is C76H63F10N9O6S. The number of hydrogen-bond donors (Lipinski definition) is 6. The Hall–Kier alpha value is -11.9. The summed E-state index contributed by atoms with van der Waals surface area (Å²) >= 11 is 0.250. The Bertz CT molecular complexity index is 4430. The lowest BCUT2D eigenvalue weighted by Gasteiger charge is -2.15. The van der Waals surface area contributed by atoms with Crippen molar-refractivity contribution in [3.05, 3.63) is 287 Å². The zero-order valence-corrected chi connectivity index (χ0v) is 55.3. The summed E-state index contributed by atoms with van der Waals surface area (Å²) in [4.78, 5) is 50.9. The number of nitrogens with zero attached hydrogens (tertiary/aromatic N) is 3. The molecular weight excluding hydrogens is 1360 g/mol. The van der Waals surface area contributed by atoms with Crippen LogP contribution in [-0.4, -0.2) is 38.9 Å². The van der Waals surface area contributed by atoms with Crippen molar-refractivity contribution in [1.82, 2.24) is 30.9 Å². The predicted molar refractivity (Wildman–Crippen MR) is 375 cm³/mol. The van der Waals surface area contributed by atoms with Crippen LogP contribution < -0.4 is 47.4 Å². The number of carbonyl (C=O) groups excluding carboxylic acids is 3. The number of alkyl halides is 9. The van der Waals surface area contributed by atoms with Crippen LogP contribution in [-0.2, 0) is 18.5 Å². The van der Waals surface area contributed by atoms with E-state index in [1.807, 2.05) is 39.0 Å². The highest BCUT2D eigenvalue weighted by atomic mass is 32.2. The van der Waals surface area contributed by atoms with E-state index in [-0.39, 0.29) is 65.2 Å². The van der Waals surface area contributed by atoms with Gasteiger partial charge in [0.25, 0.3) is 17.7 Å². The fourth-order valence-corrected chi connectivity index (χ4v) is 10.2. The van der Waals surface area contributed by atoms with E-state index in [1.165, 1.54) is 42.7 Å². The molecule has 3 heterocycles. The topological polar surface area (TPSA) is 232 Å². The number of pyridine rings is 3. The second-order valence-corrected chi connectivity index (χ2v) is 23.0.